The molecule has 0 aliphatic carbocycles. The van der Waals surface area contributed by atoms with Crippen LogP contribution in [0.4, 0.5) is 14.6 Å². The molecule has 0 aliphatic rings. The van der Waals surface area contributed by atoms with E-state index in [1.54, 1.807) is 18.2 Å². The Morgan fingerprint density at radius 2 is 2.00 bits per heavy atom. The van der Waals surface area contributed by atoms with E-state index in [0.717, 1.165) is 11.3 Å². The number of para-hydroxylation sites is 1. The van der Waals surface area contributed by atoms with Crippen molar-refractivity contribution in [1.29, 1.82) is 0 Å². The van der Waals surface area contributed by atoms with Crippen molar-refractivity contribution >= 4 is 5.82 Å². The Balaban J connectivity index is 2.56. The molecule has 0 amide bonds. The third-order valence-corrected chi connectivity index (χ3v) is 3.06. The first kappa shape index (κ1) is 15.1. The minimum atomic E-state index is -2.91. The zero-order valence-corrected chi connectivity index (χ0v) is 11.7. The molecule has 0 radical (unpaired) electrons. The van der Waals surface area contributed by atoms with Gasteiger partial charge in [0.25, 0.3) is 0 Å². The summed E-state index contributed by atoms with van der Waals surface area (Å²) < 4.78 is 29.5. The Morgan fingerprint density at radius 3 is 2.62 bits per heavy atom. The first-order valence-electron chi connectivity index (χ1n) is 6.45. The van der Waals surface area contributed by atoms with Gasteiger partial charge >= 0.3 is 6.61 Å². The maximum atomic E-state index is 12.5. The molecular weight excluding hydrogens is 278 g/mol. The predicted molar refractivity (Wildman–Crippen MR) is 76.0 cm³/mol. The van der Waals surface area contributed by atoms with Crippen LogP contribution >= 0.6 is 0 Å². The molecule has 0 aliphatic heterocycles. The van der Waals surface area contributed by atoms with Crippen LogP contribution in [0.15, 0.2) is 24.3 Å². The SMILES string of the molecule is CCc1nc(-c2ccccc2OC(F)F)nc(NN)c1C. The number of aromatic nitrogens is 2. The fourth-order valence-corrected chi connectivity index (χ4v) is 2.02. The summed E-state index contributed by atoms with van der Waals surface area (Å²) in [6.07, 6.45) is 0.675. The normalized spacial score (nSPS) is 10.8. The summed E-state index contributed by atoms with van der Waals surface area (Å²) in [5.41, 5.74) is 4.51. The van der Waals surface area contributed by atoms with Crippen LogP contribution in [0.25, 0.3) is 11.4 Å². The number of anilines is 1. The Hall–Kier alpha value is -2.28. The molecule has 7 heteroatoms. The monoisotopic (exact) mass is 294 g/mol. The Morgan fingerprint density at radius 1 is 1.29 bits per heavy atom. The Labute approximate surface area is 121 Å². The van der Waals surface area contributed by atoms with Crippen molar-refractivity contribution in [2.45, 2.75) is 26.9 Å². The first-order valence-corrected chi connectivity index (χ1v) is 6.45. The highest BCUT2D eigenvalue weighted by Crippen LogP contribution is 2.30. The predicted octanol–water partition coefficient (Wildman–Crippen LogP) is 2.90. The van der Waals surface area contributed by atoms with Gasteiger partial charge in [-0.1, -0.05) is 19.1 Å². The number of hydrogen-bond acceptors (Lipinski definition) is 5. The summed E-state index contributed by atoms with van der Waals surface area (Å²) in [7, 11) is 0. The summed E-state index contributed by atoms with van der Waals surface area (Å²) in [5, 5.41) is 0. The van der Waals surface area contributed by atoms with Gasteiger partial charge in [0, 0.05) is 11.3 Å². The van der Waals surface area contributed by atoms with Crippen LogP contribution in [0.2, 0.25) is 0 Å². The fourth-order valence-electron chi connectivity index (χ4n) is 2.02. The van der Waals surface area contributed by atoms with Gasteiger partial charge in [-0.15, -0.1) is 0 Å². The Bertz CT molecular complexity index is 609. The van der Waals surface area contributed by atoms with Gasteiger partial charge < -0.3 is 10.2 Å². The van der Waals surface area contributed by atoms with Crippen molar-refractivity contribution in [1.82, 2.24) is 9.97 Å². The number of hydrazine groups is 1. The van der Waals surface area contributed by atoms with Crippen molar-refractivity contribution < 1.29 is 13.5 Å². The molecular formula is C14H16F2N4O. The Kier molecular flexibility index (Phi) is 4.64. The van der Waals surface area contributed by atoms with Crippen LogP contribution in [-0.4, -0.2) is 16.6 Å². The number of nitrogens with one attached hydrogen (secondary N) is 1. The second-order valence-electron chi connectivity index (χ2n) is 4.34. The molecule has 0 saturated carbocycles. The highest BCUT2D eigenvalue weighted by molar-refractivity contribution is 5.66. The zero-order valence-electron chi connectivity index (χ0n) is 11.7. The molecule has 0 saturated heterocycles. The van der Waals surface area contributed by atoms with E-state index in [0.29, 0.717) is 23.6 Å². The molecule has 1 aromatic carbocycles. The lowest BCUT2D eigenvalue weighted by Gasteiger charge is -2.13. The molecule has 0 bridgehead atoms. The number of halogens is 2. The molecule has 0 fully saturated rings. The highest BCUT2D eigenvalue weighted by atomic mass is 19.3. The quantitative estimate of drug-likeness (QED) is 0.655. The number of nitrogen functional groups attached to an aromatic ring is 1. The van der Waals surface area contributed by atoms with Gasteiger partial charge in [-0.25, -0.2) is 15.8 Å². The lowest BCUT2D eigenvalue weighted by atomic mass is 10.1. The topological polar surface area (TPSA) is 73.1 Å². The number of nitrogens with two attached hydrogens (primary N) is 1. The summed E-state index contributed by atoms with van der Waals surface area (Å²) in [5.74, 6) is 6.23. The van der Waals surface area contributed by atoms with Gasteiger partial charge in [-0.2, -0.15) is 8.78 Å². The van der Waals surface area contributed by atoms with Crippen LogP contribution < -0.4 is 16.0 Å². The maximum Gasteiger partial charge on any atom is 0.387 e. The minimum absolute atomic E-state index is 0.0291. The zero-order chi connectivity index (χ0) is 15.4. The molecule has 0 unspecified atom stereocenters. The van der Waals surface area contributed by atoms with E-state index in [-0.39, 0.29) is 5.75 Å². The van der Waals surface area contributed by atoms with Gasteiger partial charge in [-0.05, 0) is 25.5 Å². The summed E-state index contributed by atoms with van der Waals surface area (Å²) in [6.45, 7) is 0.884. The number of aryl methyl sites for hydroxylation is 1. The number of benzene rings is 1. The summed E-state index contributed by atoms with van der Waals surface area (Å²) >= 11 is 0. The third-order valence-electron chi connectivity index (χ3n) is 3.06. The highest BCUT2D eigenvalue weighted by Gasteiger charge is 2.16. The third kappa shape index (κ3) is 3.25. The molecule has 1 heterocycles. The number of ether oxygens (including phenoxy) is 1. The number of rotatable bonds is 5. The van der Waals surface area contributed by atoms with Crippen LogP contribution in [0.1, 0.15) is 18.2 Å². The van der Waals surface area contributed by atoms with Gasteiger partial charge in [0.1, 0.15) is 11.6 Å². The molecule has 112 valence electrons. The first-order chi connectivity index (χ1) is 10.1. The molecule has 5 nitrogen and oxygen atoms in total. The average molecular weight is 294 g/mol. The summed E-state index contributed by atoms with van der Waals surface area (Å²) in [4.78, 5) is 8.67. The molecule has 0 spiro atoms. The molecule has 1 aromatic heterocycles. The van der Waals surface area contributed by atoms with E-state index in [1.807, 2.05) is 13.8 Å². The van der Waals surface area contributed by atoms with Gasteiger partial charge in [0.2, 0.25) is 0 Å². The van der Waals surface area contributed by atoms with Crippen molar-refractivity contribution in [2.24, 2.45) is 5.84 Å². The van der Waals surface area contributed by atoms with Crippen LogP contribution in [0.5, 0.6) is 5.75 Å². The smallest absolute Gasteiger partial charge is 0.387 e. The van der Waals surface area contributed by atoms with Crippen molar-refractivity contribution in [2.75, 3.05) is 5.43 Å². The number of nitrogens with zero attached hydrogens (tertiary/aromatic N) is 2. The molecule has 21 heavy (non-hydrogen) atoms. The van der Waals surface area contributed by atoms with Crippen molar-refractivity contribution in [3.63, 3.8) is 0 Å². The van der Waals surface area contributed by atoms with Crippen molar-refractivity contribution in [3.05, 3.63) is 35.5 Å². The van der Waals surface area contributed by atoms with E-state index < -0.39 is 6.61 Å². The summed E-state index contributed by atoms with van der Waals surface area (Å²) in [6, 6.07) is 6.39. The second-order valence-corrected chi connectivity index (χ2v) is 4.34. The second kappa shape index (κ2) is 6.45. The van der Waals surface area contributed by atoms with Gasteiger partial charge in [0.15, 0.2) is 5.82 Å². The number of alkyl halides is 2. The van der Waals surface area contributed by atoms with Gasteiger partial charge in [-0.3, -0.25) is 0 Å². The molecule has 3 N–H and O–H groups in total. The van der Waals surface area contributed by atoms with Crippen LogP contribution in [-0.2, 0) is 6.42 Å². The largest absolute Gasteiger partial charge is 0.434 e. The standard InChI is InChI=1S/C14H16F2N4O/c1-3-10-8(2)12(20-17)19-13(18-10)9-6-4-5-7-11(9)21-14(15)16/h4-7,14H,3,17H2,1-2H3,(H,18,19,20). The fraction of sp³-hybridized carbons (Fsp3) is 0.286. The van der Waals surface area contributed by atoms with E-state index >= 15 is 0 Å². The molecule has 2 rings (SSSR count). The van der Waals surface area contributed by atoms with Crippen LogP contribution in [0, 0.1) is 6.92 Å². The van der Waals surface area contributed by atoms with Crippen LogP contribution in [0.3, 0.4) is 0 Å². The van der Waals surface area contributed by atoms with E-state index in [9.17, 15) is 8.78 Å². The lowest BCUT2D eigenvalue weighted by molar-refractivity contribution is -0.0494. The van der Waals surface area contributed by atoms with Gasteiger partial charge in [0.05, 0.1) is 5.56 Å². The molecule has 0 atom stereocenters. The number of hydrogen-bond donors (Lipinski definition) is 2. The molecule has 2 aromatic rings. The van der Waals surface area contributed by atoms with E-state index in [1.165, 1.54) is 6.07 Å². The van der Waals surface area contributed by atoms with E-state index in [2.05, 4.69) is 20.1 Å². The lowest BCUT2D eigenvalue weighted by Crippen LogP contribution is -2.13. The average Bonchev–Trinajstić information content (AvgIpc) is 2.47. The van der Waals surface area contributed by atoms with Crippen molar-refractivity contribution in [3.8, 4) is 17.1 Å². The minimum Gasteiger partial charge on any atom is -0.434 e. The van der Waals surface area contributed by atoms with E-state index in [4.69, 9.17) is 5.84 Å². The maximum absolute atomic E-state index is 12.5.